The molecule has 3 atom stereocenters. The molecule has 0 aromatic carbocycles. The number of nitrogens with one attached hydrogen (secondary N) is 1. The van der Waals surface area contributed by atoms with Gasteiger partial charge < -0.3 is 10.1 Å². The van der Waals surface area contributed by atoms with E-state index in [0.29, 0.717) is 0 Å². The third-order valence-corrected chi connectivity index (χ3v) is 5.65. The predicted molar refractivity (Wildman–Crippen MR) is 81.4 cm³/mol. The highest BCUT2D eigenvalue weighted by molar-refractivity contribution is 4.91. The van der Waals surface area contributed by atoms with Gasteiger partial charge in [0.25, 0.3) is 0 Å². The Labute approximate surface area is 119 Å². The van der Waals surface area contributed by atoms with Crippen molar-refractivity contribution in [1.82, 2.24) is 5.32 Å². The summed E-state index contributed by atoms with van der Waals surface area (Å²) in [6, 6.07) is 0. The van der Waals surface area contributed by atoms with Crippen molar-refractivity contribution >= 4 is 0 Å². The van der Waals surface area contributed by atoms with Crippen molar-refractivity contribution < 1.29 is 4.74 Å². The third-order valence-electron chi connectivity index (χ3n) is 5.65. The van der Waals surface area contributed by atoms with E-state index in [0.717, 1.165) is 30.9 Å². The summed E-state index contributed by atoms with van der Waals surface area (Å²) in [5.74, 6) is 2.48. The second-order valence-corrected chi connectivity index (χ2v) is 6.99. The van der Waals surface area contributed by atoms with Gasteiger partial charge in [-0.3, -0.25) is 0 Å². The lowest BCUT2D eigenvalue weighted by Crippen LogP contribution is -2.44. The minimum atomic E-state index is 0.271. The smallest absolute Gasteiger partial charge is 0.0685 e. The van der Waals surface area contributed by atoms with Crippen LogP contribution in [-0.2, 0) is 4.74 Å². The maximum Gasteiger partial charge on any atom is 0.0685 e. The second kappa shape index (κ2) is 7.08. The summed E-state index contributed by atoms with van der Waals surface area (Å²) in [6.45, 7) is 10.3. The van der Waals surface area contributed by atoms with Crippen LogP contribution in [-0.4, -0.2) is 25.3 Å². The average Bonchev–Trinajstić information content (AvgIpc) is 2.45. The van der Waals surface area contributed by atoms with Crippen LogP contribution in [0.1, 0.15) is 65.7 Å². The van der Waals surface area contributed by atoms with Gasteiger partial charge in [-0.1, -0.05) is 40.0 Å². The van der Waals surface area contributed by atoms with Crippen LogP contribution in [0.4, 0.5) is 0 Å². The minimum absolute atomic E-state index is 0.271. The Morgan fingerprint density at radius 1 is 1.21 bits per heavy atom. The van der Waals surface area contributed by atoms with Gasteiger partial charge in [0.1, 0.15) is 0 Å². The van der Waals surface area contributed by atoms with Crippen LogP contribution in [0.25, 0.3) is 0 Å². The summed E-state index contributed by atoms with van der Waals surface area (Å²) in [6.07, 6.45) is 9.42. The molecule has 19 heavy (non-hydrogen) atoms. The van der Waals surface area contributed by atoms with E-state index < -0.39 is 0 Å². The quantitative estimate of drug-likeness (QED) is 0.813. The van der Waals surface area contributed by atoms with Gasteiger partial charge in [-0.05, 0) is 56.5 Å². The molecular weight excluding hydrogens is 234 g/mol. The van der Waals surface area contributed by atoms with Gasteiger partial charge >= 0.3 is 0 Å². The van der Waals surface area contributed by atoms with E-state index in [9.17, 15) is 0 Å². The van der Waals surface area contributed by atoms with Crippen LogP contribution in [0, 0.1) is 17.8 Å². The Morgan fingerprint density at radius 2 is 1.95 bits per heavy atom. The van der Waals surface area contributed by atoms with Crippen LogP contribution < -0.4 is 5.32 Å². The van der Waals surface area contributed by atoms with E-state index in [-0.39, 0.29) is 5.60 Å². The molecule has 1 N–H and O–H groups in total. The zero-order valence-electron chi connectivity index (χ0n) is 13.2. The zero-order valence-corrected chi connectivity index (χ0v) is 13.2. The molecule has 1 heterocycles. The van der Waals surface area contributed by atoms with Crippen LogP contribution in [0.2, 0.25) is 0 Å². The molecule has 0 bridgehead atoms. The van der Waals surface area contributed by atoms with E-state index in [2.05, 4.69) is 26.1 Å². The molecule has 1 saturated heterocycles. The second-order valence-electron chi connectivity index (χ2n) is 6.99. The highest BCUT2D eigenvalue weighted by atomic mass is 16.5. The Balaban J connectivity index is 1.88. The van der Waals surface area contributed by atoms with E-state index in [4.69, 9.17) is 4.74 Å². The normalized spacial score (nSPS) is 30.2. The van der Waals surface area contributed by atoms with Crippen molar-refractivity contribution in [3.05, 3.63) is 0 Å². The summed E-state index contributed by atoms with van der Waals surface area (Å²) in [7, 11) is 0. The van der Waals surface area contributed by atoms with E-state index in [1.54, 1.807) is 0 Å². The zero-order chi connectivity index (χ0) is 13.7. The first-order valence-electron chi connectivity index (χ1n) is 8.51. The molecule has 0 aromatic heterocycles. The maximum atomic E-state index is 6.23. The summed E-state index contributed by atoms with van der Waals surface area (Å²) in [4.78, 5) is 0. The van der Waals surface area contributed by atoms with Crippen LogP contribution in [0.15, 0.2) is 0 Å². The van der Waals surface area contributed by atoms with Crippen molar-refractivity contribution in [2.45, 2.75) is 71.3 Å². The van der Waals surface area contributed by atoms with Crippen LogP contribution in [0.3, 0.4) is 0 Å². The number of hydrogen-bond donors (Lipinski definition) is 1. The van der Waals surface area contributed by atoms with Crippen molar-refractivity contribution in [2.24, 2.45) is 17.8 Å². The molecule has 2 heteroatoms. The largest absolute Gasteiger partial charge is 0.375 e. The third kappa shape index (κ3) is 3.95. The summed E-state index contributed by atoms with van der Waals surface area (Å²) >= 11 is 0. The van der Waals surface area contributed by atoms with E-state index in [1.165, 1.54) is 51.5 Å². The molecule has 0 amide bonds. The highest BCUT2D eigenvalue weighted by Gasteiger charge is 2.40. The lowest BCUT2D eigenvalue weighted by Gasteiger charge is -2.46. The minimum Gasteiger partial charge on any atom is -0.375 e. The van der Waals surface area contributed by atoms with E-state index >= 15 is 0 Å². The predicted octanol–water partition coefficient (Wildman–Crippen LogP) is 4.00. The maximum absolute atomic E-state index is 6.23. The molecule has 2 aliphatic rings. The number of ether oxygens (including phenoxy) is 1. The fourth-order valence-corrected chi connectivity index (χ4v) is 4.08. The molecule has 1 spiro atoms. The fourth-order valence-electron chi connectivity index (χ4n) is 4.08. The monoisotopic (exact) mass is 267 g/mol. The molecule has 2 fully saturated rings. The Bertz CT molecular complexity index is 254. The van der Waals surface area contributed by atoms with Gasteiger partial charge in [-0.25, -0.2) is 0 Å². The van der Waals surface area contributed by atoms with Gasteiger partial charge in [0.2, 0.25) is 0 Å². The molecule has 2 rings (SSSR count). The first-order valence-corrected chi connectivity index (χ1v) is 8.51. The fraction of sp³-hybridized carbons (Fsp3) is 1.00. The van der Waals surface area contributed by atoms with Gasteiger partial charge in [0.05, 0.1) is 5.60 Å². The molecule has 3 unspecified atom stereocenters. The molecule has 1 aliphatic heterocycles. The average molecular weight is 267 g/mol. The first-order chi connectivity index (χ1) is 9.17. The topological polar surface area (TPSA) is 21.3 Å². The van der Waals surface area contributed by atoms with Gasteiger partial charge in [0.15, 0.2) is 0 Å². The molecular formula is C17H33NO. The summed E-state index contributed by atoms with van der Waals surface area (Å²) < 4.78 is 6.23. The van der Waals surface area contributed by atoms with Crippen LogP contribution >= 0.6 is 0 Å². The van der Waals surface area contributed by atoms with Gasteiger partial charge in [-0.2, -0.15) is 0 Å². The molecule has 1 saturated carbocycles. The van der Waals surface area contributed by atoms with Crippen molar-refractivity contribution in [1.29, 1.82) is 0 Å². The lowest BCUT2D eigenvalue weighted by molar-refractivity contribution is -0.126. The Morgan fingerprint density at radius 3 is 2.63 bits per heavy atom. The molecule has 0 radical (unpaired) electrons. The summed E-state index contributed by atoms with van der Waals surface area (Å²) in [5, 5.41) is 3.51. The highest BCUT2D eigenvalue weighted by Crippen LogP contribution is 2.43. The standard InChI is InChI=1S/C17H33NO/c1-4-18-13-14(2)15(3)16-8-11-19-17(12-16)9-6-5-7-10-17/h14-16,18H,4-13H2,1-3H3. The van der Waals surface area contributed by atoms with Gasteiger partial charge in [-0.15, -0.1) is 0 Å². The Hall–Kier alpha value is -0.0800. The molecule has 1 aliphatic carbocycles. The van der Waals surface area contributed by atoms with Crippen molar-refractivity contribution in [2.75, 3.05) is 19.7 Å². The van der Waals surface area contributed by atoms with E-state index in [1.807, 2.05) is 0 Å². The molecule has 112 valence electrons. The first kappa shape index (κ1) is 15.3. The molecule has 2 nitrogen and oxygen atoms in total. The summed E-state index contributed by atoms with van der Waals surface area (Å²) in [5.41, 5.74) is 0.271. The molecule has 0 aromatic rings. The number of hydrogen-bond acceptors (Lipinski definition) is 2. The van der Waals surface area contributed by atoms with Crippen molar-refractivity contribution in [3.8, 4) is 0 Å². The van der Waals surface area contributed by atoms with Gasteiger partial charge in [0, 0.05) is 6.61 Å². The van der Waals surface area contributed by atoms with Crippen LogP contribution in [0.5, 0.6) is 0 Å². The SMILES string of the molecule is CCNCC(C)C(C)C1CCOC2(CCCCC2)C1. The van der Waals surface area contributed by atoms with Crippen molar-refractivity contribution in [3.63, 3.8) is 0 Å². The Kier molecular flexibility index (Phi) is 5.70. The lowest BCUT2D eigenvalue weighted by atomic mass is 9.70. The number of rotatable bonds is 5.